The fourth-order valence-corrected chi connectivity index (χ4v) is 2.47. The molecule has 0 aliphatic carbocycles. The molecule has 0 saturated heterocycles. The van der Waals surface area contributed by atoms with Crippen LogP contribution in [0.1, 0.15) is 28.7 Å². The lowest BCUT2D eigenvalue weighted by atomic mass is 9.83. The third kappa shape index (κ3) is 4.21. The number of hydrogen-bond acceptors (Lipinski definition) is 3. The number of nitrogens with zero attached hydrogens (tertiary/aromatic N) is 1. The Labute approximate surface area is 137 Å². The molecule has 5 nitrogen and oxygen atoms in total. The van der Waals surface area contributed by atoms with Crippen molar-refractivity contribution in [3.05, 3.63) is 59.4 Å². The molecule has 1 amide bonds. The smallest absolute Gasteiger partial charge is 0.269 e. The van der Waals surface area contributed by atoms with Gasteiger partial charge in [0.2, 0.25) is 0 Å². The fourth-order valence-electron chi connectivity index (χ4n) is 2.47. The first kappa shape index (κ1) is 17.2. The van der Waals surface area contributed by atoms with Gasteiger partial charge in [-0.1, -0.05) is 37.3 Å². The lowest BCUT2D eigenvalue weighted by Gasteiger charge is -2.28. The minimum Gasteiger partial charge on any atom is -0.395 e. The van der Waals surface area contributed by atoms with E-state index in [1.807, 2.05) is 43.3 Å². The first-order valence-corrected chi connectivity index (χ1v) is 7.73. The second-order valence-electron chi connectivity index (χ2n) is 6.29. The van der Waals surface area contributed by atoms with Crippen LogP contribution in [0.15, 0.2) is 42.5 Å². The molecule has 0 aliphatic heterocycles. The lowest BCUT2D eigenvalue weighted by molar-refractivity contribution is 0.0822. The highest BCUT2D eigenvalue weighted by atomic mass is 16.3. The third-order valence-corrected chi connectivity index (χ3v) is 4.03. The van der Waals surface area contributed by atoms with Crippen LogP contribution < -0.4 is 5.32 Å². The minimum atomic E-state index is -0.337. The van der Waals surface area contributed by atoms with Gasteiger partial charge in [-0.15, -0.1) is 0 Å². The van der Waals surface area contributed by atoms with Crippen LogP contribution >= 0.6 is 0 Å². The van der Waals surface area contributed by atoms with Crippen molar-refractivity contribution in [2.45, 2.75) is 18.9 Å². The number of H-pyrrole nitrogens is 1. The number of nitrogens with one attached hydrogen (secondary N) is 2. The van der Waals surface area contributed by atoms with Crippen molar-refractivity contribution in [3.63, 3.8) is 0 Å². The highest BCUT2D eigenvalue weighted by molar-refractivity contribution is 5.92. The van der Waals surface area contributed by atoms with Crippen molar-refractivity contribution in [3.8, 4) is 0 Å². The van der Waals surface area contributed by atoms with Gasteiger partial charge in [-0.3, -0.25) is 4.79 Å². The zero-order chi connectivity index (χ0) is 16.9. The topological polar surface area (TPSA) is 68.4 Å². The van der Waals surface area contributed by atoms with Gasteiger partial charge >= 0.3 is 0 Å². The molecule has 124 valence electrons. The van der Waals surface area contributed by atoms with Crippen LogP contribution in [0.5, 0.6) is 0 Å². The van der Waals surface area contributed by atoms with Crippen LogP contribution in [0.25, 0.3) is 0 Å². The predicted octanol–water partition coefficient (Wildman–Crippen LogP) is 1.76. The van der Waals surface area contributed by atoms with E-state index >= 15 is 0 Å². The van der Waals surface area contributed by atoms with Gasteiger partial charge in [0.25, 0.3) is 5.91 Å². The molecule has 0 fully saturated rings. The molecule has 0 saturated carbocycles. The summed E-state index contributed by atoms with van der Waals surface area (Å²) in [5.41, 5.74) is 2.30. The SMILES string of the molecule is CN(C)C(=O)c1ccc(CNCC(C)(CO)c2ccccc2)[nH]1. The first-order chi connectivity index (χ1) is 11.0. The van der Waals surface area contributed by atoms with Crippen molar-refractivity contribution >= 4 is 5.91 Å². The molecule has 23 heavy (non-hydrogen) atoms. The maximum Gasteiger partial charge on any atom is 0.269 e. The summed E-state index contributed by atoms with van der Waals surface area (Å²) in [6.07, 6.45) is 0. The van der Waals surface area contributed by atoms with Crippen molar-refractivity contribution < 1.29 is 9.90 Å². The van der Waals surface area contributed by atoms with Crippen LogP contribution in [0.2, 0.25) is 0 Å². The molecule has 5 heteroatoms. The summed E-state index contributed by atoms with van der Waals surface area (Å²) in [5.74, 6) is -0.0410. The molecule has 2 aromatic rings. The molecule has 0 radical (unpaired) electrons. The van der Waals surface area contributed by atoms with Crippen LogP contribution in [0, 0.1) is 0 Å². The molecule has 0 aliphatic rings. The van der Waals surface area contributed by atoms with E-state index < -0.39 is 0 Å². The Morgan fingerprint density at radius 3 is 2.52 bits per heavy atom. The maximum atomic E-state index is 11.9. The second kappa shape index (κ2) is 7.44. The Morgan fingerprint density at radius 2 is 1.91 bits per heavy atom. The molecule has 1 aromatic carbocycles. The molecular formula is C18H25N3O2. The summed E-state index contributed by atoms with van der Waals surface area (Å²) in [6, 6.07) is 13.7. The van der Waals surface area contributed by atoms with Crippen molar-refractivity contribution in [2.75, 3.05) is 27.2 Å². The molecule has 1 unspecified atom stereocenters. The highest BCUT2D eigenvalue weighted by Crippen LogP contribution is 2.22. The van der Waals surface area contributed by atoms with Crippen molar-refractivity contribution in [2.24, 2.45) is 0 Å². The summed E-state index contributed by atoms with van der Waals surface area (Å²) in [6.45, 7) is 3.36. The summed E-state index contributed by atoms with van der Waals surface area (Å²) >= 11 is 0. The normalized spacial score (nSPS) is 13.6. The van der Waals surface area contributed by atoms with E-state index in [1.165, 1.54) is 0 Å². The number of carbonyl (C=O) groups is 1. The quantitative estimate of drug-likeness (QED) is 0.729. The lowest BCUT2D eigenvalue weighted by Crippen LogP contribution is -2.38. The Morgan fingerprint density at radius 1 is 1.22 bits per heavy atom. The number of hydrogen-bond donors (Lipinski definition) is 3. The van der Waals surface area contributed by atoms with Gasteiger partial charge < -0.3 is 20.3 Å². The standard InChI is InChI=1S/C18H25N3O2/c1-18(13-22,14-7-5-4-6-8-14)12-19-11-15-9-10-16(20-15)17(23)21(2)3/h4-10,19-20,22H,11-13H2,1-3H3. The predicted molar refractivity (Wildman–Crippen MR) is 91.4 cm³/mol. The van der Waals surface area contributed by atoms with Crippen molar-refractivity contribution in [1.29, 1.82) is 0 Å². The van der Waals surface area contributed by atoms with Gasteiger partial charge in [-0.25, -0.2) is 0 Å². The molecular weight excluding hydrogens is 290 g/mol. The minimum absolute atomic E-state index is 0.0410. The van der Waals surface area contributed by atoms with E-state index in [0.717, 1.165) is 11.3 Å². The van der Waals surface area contributed by atoms with Crippen LogP contribution in [-0.2, 0) is 12.0 Å². The van der Waals surface area contributed by atoms with Gasteiger partial charge in [0.05, 0.1) is 6.61 Å². The summed E-state index contributed by atoms with van der Waals surface area (Å²) in [7, 11) is 3.46. The molecule has 3 N–H and O–H groups in total. The second-order valence-corrected chi connectivity index (χ2v) is 6.29. The number of carbonyl (C=O) groups excluding carboxylic acids is 1. The fraction of sp³-hybridized carbons (Fsp3) is 0.389. The van der Waals surface area contributed by atoms with Gasteiger partial charge in [0.15, 0.2) is 0 Å². The van der Waals surface area contributed by atoms with Crippen molar-refractivity contribution in [1.82, 2.24) is 15.2 Å². The highest BCUT2D eigenvalue weighted by Gasteiger charge is 2.25. The molecule has 1 aromatic heterocycles. The Bertz CT molecular complexity index is 637. The van der Waals surface area contributed by atoms with E-state index in [4.69, 9.17) is 0 Å². The molecule has 1 heterocycles. The Hall–Kier alpha value is -2.11. The average molecular weight is 315 g/mol. The van der Waals surface area contributed by atoms with E-state index in [-0.39, 0.29) is 17.9 Å². The zero-order valence-electron chi connectivity index (χ0n) is 14.0. The molecule has 0 bridgehead atoms. The van der Waals surface area contributed by atoms with Gasteiger partial charge in [-0.05, 0) is 17.7 Å². The molecule has 0 spiro atoms. The zero-order valence-corrected chi connectivity index (χ0v) is 14.0. The van der Waals surface area contributed by atoms with Gasteiger partial charge in [0.1, 0.15) is 5.69 Å². The molecule has 2 rings (SSSR count). The summed E-state index contributed by atoms with van der Waals surface area (Å²) in [4.78, 5) is 16.5. The van der Waals surface area contributed by atoms with Crippen LogP contribution in [0.3, 0.4) is 0 Å². The van der Waals surface area contributed by atoms with E-state index in [9.17, 15) is 9.90 Å². The van der Waals surface area contributed by atoms with Gasteiger partial charge in [-0.2, -0.15) is 0 Å². The number of amides is 1. The van der Waals surface area contributed by atoms with Crippen LogP contribution in [-0.4, -0.2) is 48.1 Å². The van der Waals surface area contributed by atoms with E-state index in [2.05, 4.69) is 10.3 Å². The monoisotopic (exact) mass is 315 g/mol. The number of rotatable bonds is 7. The number of benzene rings is 1. The first-order valence-electron chi connectivity index (χ1n) is 7.73. The molecule has 1 atom stereocenters. The summed E-state index contributed by atoms with van der Waals surface area (Å²) in [5, 5.41) is 13.1. The van der Waals surface area contributed by atoms with E-state index in [1.54, 1.807) is 25.1 Å². The van der Waals surface area contributed by atoms with Gasteiger partial charge in [0, 0.05) is 38.3 Å². The maximum absolute atomic E-state index is 11.9. The summed E-state index contributed by atoms with van der Waals surface area (Å²) < 4.78 is 0. The number of aliphatic hydroxyl groups excluding tert-OH is 1. The van der Waals surface area contributed by atoms with E-state index in [0.29, 0.717) is 18.8 Å². The van der Waals surface area contributed by atoms with Crippen LogP contribution in [0.4, 0.5) is 0 Å². The largest absolute Gasteiger partial charge is 0.395 e. The Kier molecular flexibility index (Phi) is 5.58. The third-order valence-electron chi connectivity index (χ3n) is 4.03. The number of aliphatic hydroxyl groups is 1. The Balaban J connectivity index is 1.95. The number of aromatic amines is 1. The average Bonchev–Trinajstić information content (AvgIpc) is 3.03. The number of aromatic nitrogens is 1.